The van der Waals surface area contributed by atoms with E-state index in [4.69, 9.17) is 0 Å². The average Bonchev–Trinajstić information content (AvgIpc) is 2.67. The summed E-state index contributed by atoms with van der Waals surface area (Å²) in [5, 5.41) is 9.32. The first-order valence-corrected chi connectivity index (χ1v) is 9.95. The molecule has 0 aromatic heterocycles. The Morgan fingerprint density at radius 1 is 1.24 bits per heavy atom. The molecule has 0 saturated carbocycles. The smallest absolute Gasteiger partial charge is 0.251 e. The van der Waals surface area contributed by atoms with Crippen LogP contribution < -0.4 is 16.0 Å². The molecule has 3 N–H and O–H groups in total. The fraction of sp³-hybridized carbons (Fsp3) is 0.619. The summed E-state index contributed by atoms with van der Waals surface area (Å²) in [6.45, 7) is 6.13. The Morgan fingerprint density at radius 2 is 2.00 bits per heavy atom. The number of halogens is 2. The van der Waals surface area contributed by atoms with Gasteiger partial charge < -0.3 is 20.9 Å². The van der Waals surface area contributed by atoms with E-state index >= 15 is 0 Å². The molecule has 0 aliphatic carbocycles. The van der Waals surface area contributed by atoms with Crippen molar-refractivity contribution >= 4 is 36.6 Å². The van der Waals surface area contributed by atoms with Crippen LogP contribution >= 0.6 is 24.8 Å². The first-order chi connectivity index (χ1) is 13.0. The summed E-state index contributed by atoms with van der Waals surface area (Å²) < 4.78 is 0. The van der Waals surface area contributed by atoms with Gasteiger partial charge in [0.15, 0.2) is 0 Å². The lowest BCUT2D eigenvalue weighted by atomic mass is 9.85. The maximum atomic E-state index is 12.3. The van der Waals surface area contributed by atoms with Crippen LogP contribution in [0.2, 0.25) is 0 Å². The standard InChI is InChI=1S/C21H34N4O2.2ClH/c1-16(19-8-5-9-22-15-19)12-20(26)24-14-17-6-4-7-18(13-17)21(27)23-10-11-25(2)3;;/h4,6-7,13,16,19,22H,5,8-12,14-15H2,1-3H3,(H,23,27)(H,24,26);2*1H. The molecule has 0 spiro atoms. The maximum Gasteiger partial charge on any atom is 0.251 e. The van der Waals surface area contributed by atoms with Crippen molar-refractivity contribution in [3.63, 3.8) is 0 Å². The van der Waals surface area contributed by atoms with Crippen LogP contribution in [0.25, 0.3) is 0 Å². The number of benzene rings is 1. The molecular weight excluding hydrogens is 411 g/mol. The molecule has 2 amide bonds. The lowest BCUT2D eigenvalue weighted by molar-refractivity contribution is -0.122. The zero-order valence-corrected chi connectivity index (χ0v) is 19.3. The number of hydrogen-bond acceptors (Lipinski definition) is 4. The second-order valence-electron chi connectivity index (χ2n) is 7.82. The number of likely N-dealkylation sites (N-methyl/N-ethyl adjacent to an activating group) is 1. The van der Waals surface area contributed by atoms with E-state index in [9.17, 15) is 9.59 Å². The molecule has 8 heteroatoms. The van der Waals surface area contributed by atoms with E-state index in [2.05, 4.69) is 22.9 Å². The third kappa shape index (κ3) is 10.3. The molecule has 1 aliphatic rings. The fourth-order valence-electron chi connectivity index (χ4n) is 3.41. The number of nitrogens with zero attached hydrogens (tertiary/aromatic N) is 1. The molecule has 2 atom stereocenters. The highest BCUT2D eigenvalue weighted by molar-refractivity contribution is 5.94. The minimum absolute atomic E-state index is 0. The molecule has 1 fully saturated rings. The lowest BCUT2D eigenvalue weighted by Gasteiger charge is -2.28. The second-order valence-corrected chi connectivity index (χ2v) is 7.82. The molecule has 1 saturated heterocycles. The van der Waals surface area contributed by atoms with Crippen molar-refractivity contribution < 1.29 is 9.59 Å². The van der Waals surface area contributed by atoms with Crippen molar-refractivity contribution in [2.75, 3.05) is 40.3 Å². The Balaban J connectivity index is 0.00000392. The van der Waals surface area contributed by atoms with Gasteiger partial charge in [0.25, 0.3) is 5.91 Å². The van der Waals surface area contributed by atoms with Gasteiger partial charge in [-0.1, -0.05) is 19.1 Å². The monoisotopic (exact) mass is 446 g/mol. The van der Waals surface area contributed by atoms with Crippen molar-refractivity contribution in [1.82, 2.24) is 20.9 Å². The van der Waals surface area contributed by atoms with Crippen LogP contribution in [0.4, 0.5) is 0 Å². The number of piperidine rings is 1. The van der Waals surface area contributed by atoms with E-state index in [1.54, 1.807) is 6.07 Å². The predicted molar refractivity (Wildman–Crippen MR) is 123 cm³/mol. The van der Waals surface area contributed by atoms with Gasteiger partial charge in [-0.05, 0) is 69.6 Å². The van der Waals surface area contributed by atoms with E-state index < -0.39 is 0 Å². The molecule has 1 heterocycles. The van der Waals surface area contributed by atoms with Crippen LogP contribution in [-0.2, 0) is 11.3 Å². The molecule has 0 radical (unpaired) electrons. The van der Waals surface area contributed by atoms with Gasteiger partial charge in [-0.2, -0.15) is 0 Å². The number of rotatable bonds is 9. The third-order valence-corrected chi connectivity index (χ3v) is 5.17. The van der Waals surface area contributed by atoms with Crippen molar-refractivity contribution in [2.24, 2.45) is 11.8 Å². The topological polar surface area (TPSA) is 73.5 Å². The molecule has 2 rings (SSSR count). The van der Waals surface area contributed by atoms with Gasteiger partial charge in [0.1, 0.15) is 0 Å². The minimum Gasteiger partial charge on any atom is -0.352 e. The highest BCUT2D eigenvalue weighted by Crippen LogP contribution is 2.22. The molecule has 0 bridgehead atoms. The van der Waals surface area contributed by atoms with Crippen LogP contribution in [0.15, 0.2) is 24.3 Å². The van der Waals surface area contributed by atoms with Gasteiger partial charge in [0.05, 0.1) is 0 Å². The Morgan fingerprint density at radius 3 is 2.66 bits per heavy atom. The van der Waals surface area contributed by atoms with Crippen molar-refractivity contribution in [3.8, 4) is 0 Å². The van der Waals surface area contributed by atoms with Crippen LogP contribution in [-0.4, -0.2) is 57.0 Å². The molecule has 29 heavy (non-hydrogen) atoms. The van der Waals surface area contributed by atoms with Gasteiger partial charge in [-0.3, -0.25) is 9.59 Å². The largest absolute Gasteiger partial charge is 0.352 e. The Labute approximate surface area is 187 Å². The van der Waals surface area contributed by atoms with E-state index in [1.165, 1.54) is 12.8 Å². The molecule has 2 unspecified atom stereocenters. The molecular formula is C21H36Cl2N4O2. The summed E-state index contributed by atoms with van der Waals surface area (Å²) in [6, 6.07) is 7.44. The minimum atomic E-state index is -0.0801. The molecule has 1 aromatic rings. The summed E-state index contributed by atoms with van der Waals surface area (Å²) in [6.07, 6.45) is 2.95. The molecule has 166 valence electrons. The summed E-state index contributed by atoms with van der Waals surface area (Å²) in [5.74, 6) is 0.961. The lowest BCUT2D eigenvalue weighted by Crippen LogP contribution is -2.35. The zero-order valence-electron chi connectivity index (χ0n) is 17.7. The Bertz CT molecular complexity index is 622. The quantitative estimate of drug-likeness (QED) is 0.544. The Kier molecular flexibility index (Phi) is 13.9. The van der Waals surface area contributed by atoms with Crippen molar-refractivity contribution in [2.45, 2.75) is 32.7 Å². The van der Waals surface area contributed by atoms with Crippen LogP contribution in [0.5, 0.6) is 0 Å². The number of amides is 2. The first-order valence-electron chi connectivity index (χ1n) is 9.95. The number of carbonyl (C=O) groups excluding carboxylic acids is 2. The first kappa shape index (κ1) is 27.7. The van der Waals surface area contributed by atoms with Gasteiger partial charge in [0, 0.05) is 31.6 Å². The number of hydrogen-bond donors (Lipinski definition) is 3. The zero-order chi connectivity index (χ0) is 19.6. The SMILES string of the molecule is CC(CC(=O)NCc1cccc(C(=O)NCCN(C)C)c1)C1CCCNC1.Cl.Cl. The molecule has 1 aliphatic heterocycles. The van der Waals surface area contributed by atoms with Crippen LogP contribution in [0.3, 0.4) is 0 Å². The van der Waals surface area contributed by atoms with E-state index in [0.29, 0.717) is 36.9 Å². The summed E-state index contributed by atoms with van der Waals surface area (Å²) in [7, 11) is 3.95. The van der Waals surface area contributed by atoms with Gasteiger partial charge in [-0.25, -0.2) is 0 Å². The summed E-state index contributed by atoms with van der Waals surface area (Å²) >= 11 is 0. The number of carbonyl (C=O) groups is 2. The highest BCUT2D eigenvalue weighted by atomic mass is 35.5. The normalized spacial score (nSPS) is 16.9. The summed E-state index contributed by atoms with van der Waals surface area (Å²) in [5.41, 5.74) is 1.57. The Hall–Kier alpha value is -1.34. The van der Waals surface area contributed by atoms with Gasteiger partial charge in [0.2, 0.25) is 5.91 Å². The van der Waals surface area contributed by atoms with E-state index in [-0.39, 0.29) is 36.6 Å². The van der Waals surface area contributed by atoms with Gasteiger partial charge >= 0.3 is 0 Å². The van der Waals surface area contributed by atoms with E-state index in [0.717, 1.165) is 25.2 Å². The fourth-order valence-corrected chi connectivity index (χ4v) is 3.41. The second kappa shape index (κ2) is 14.6. The third-order valence-electron chi connectivity index (χ3n) is 5.17. The van der Waals surface area contributed by atoms with Crippen molar-refractivity contribution in [3.05, 3.63) is 35.4 Å². The molecule has 6 nitrogen and oxygen atoms in total. The van der Waals surface area contributed by atoms with E-state index in [1.807, 2.05) is 37.2 Å². The maximum absolute atomic E-state index is 12.3. The van der Waals surface area contributed by atoms with Gasteiger partial charge in [-0.15, -0.1) is 24.8 Å². The molecule has 1 aromatic carbocycles. The summed E-state index contributed by atoms with van der Waals surface area (Å²) in [4.78, 5) is 26.5. The number of nitrogens with one attached hydrogen (secondary N) is 3. The predicted octanol–water partition coefficient (Wildman–Crippen LogP) is 2.46. The van der Waals surface area contributed by atoms with Crippen LogP contribution in [0, 0.1) is 11.8 Å². The van der Waals surface area contributed by atoms with Crippen LogP contribution in [0.1, 0.15) is 42.1 Å². The average molecular weight is 447 g/mol. The highest BCUT2D eigenvalue weighted by Gasteiger charge is 2.21. The van der Waals surface area contributed by atoms with Crippen molar-refractivity contribution in [1.29, 1.82) is 0 Å².